The molecule has 1 aliphatic rings. The zero-order valence-electron chi connectivity index (χ0n) is 12.9. The van der Waals surface area contributed by atoms with E-state index in [1.807, 2.05) is 19.1 Å². The number of nitrogens with zero attached hydrogens (tertiary/aromatic N) is 1. The highest BCUT2D eigenvalue weighted by molar-refractivity contribution is 5.16. The SMILES string of the molecule is Cc1ccc(C2CC(C)CCN2Cc2cc(=O)c(O)co2)o1. The molecule has 0 amide bonds. The summed E-state index contributed by atoms with van der Waals surface area (Å²) in [6.07, 6.45) is 3.24. The van der Waals surface area contributed by atoms with Crippen molar-refractivity contribution in [1.29, 1.82) is 0 Å². The fourth-order valence-electron chi connectivity index (χ4n) is 3.03. The van der Waals surface area contributed by atoms with E-state index in [4.69, 9.17) is 8.83 Å². The van der Waals surface area contributed by atoms with Crippen LogP contribution in [-0.4, -0.2) is 16.6 Å². The Morgan fingerprint density at radius 2 is 2.23 bits per heavy atom. The molecule has 1 saturated heterocycles. The molecular weight excluding hydrogens is 282 g/mol. The number of aryl methyl sites for hydroxylation is 1. The molecule has 1 fully saturated rings. The first-order valence-corrected chi connectivity index (χ1v) is 7.64. The molecule has 22 heavy (non-hydrogen) atoms. The summed E-state index contributed by atoms with van der Waals surface area (Å²) in [5.74, 6) is 2.72. The lowest BCUT2D eigenvalue weighted by Gasteiger charge is -2.37. The Hall–Kier alpha value is -2.01. The highest BCUT2D eigenvalue weighted by atomic mass is 16.4. The fraction of sp³-hybridized carbons (Fsp3) is 0.471. The fourth-order valence-corrected chi connectivity index (χ4v) is 3.03. The van der Waals surface area contributed by atoms with Crippen LogP contribution in [0.1, 0.15) is 43.1 Å². The zero-order chi connectivity index (χ0) is 15.7. The van der Waals surface area contributed by atoms with E-state index in [0.717, 1.165) is 37.2 Å². The minimum absolute atomic E-state index is 0.191. The maximum absolute atomic E-state index is 11.5. The molecule has 0 bridgehead atoms. The number of piperidine rings is 1. The Labute approximate surface area is 129 Å². The second kappa shape index (κ2) is 6.01. The molecule has 2 atom stereocenters. The predicted molar refractivity (Wildman–Crippen MR) is 81.6 cm³/mol. The van der Waals surface area contributed by atoms with Gasteiger partial charge in [0.1, 0.15) is 23.5 Å². The summed E-state index contributed by atoms with van der Waals surface area (Å²) >= 11 is 0. The summed E-state index contributed by atoms with van der Waals surface area (Å²) < 4.78 is 11.1. The van der Waals surface area contributed by atoms with Crippen molar-refractivity contribution in [3.8, 4) is 5.75 Å². The first-order chi connectivity index (χ1) is 10.5. The van der Waals surface area contributed by atoms with Crippen molar-refractivity contribution in [2.45, 2.75) is 39.3 Å². The van der Waals surface area contributed by atoms with Crippen LogP contribution in [0.2, 0.25) is 0 Å². The molecule has 2 aromatic rings. The second-order valence-corrected chi connectivity index (χ2v) is 6.16. The van der Waals surface area contributed by atoms with Crippen LogP contribution in [0.25, 0.3) is 0 Å². The van der Waals surface area contributed by atoms with Crippen LogP contribution >= 0.6 is 0 Å². The Morgan fingerprint density at radius 3 is 2.91 bits per heavy atom. The van der Waals surface area contributed by atoms with Gasteiger partial charge in [-0.2, -0.15) is 0 Å². The molecular formula is C17H21NO4. The van der Waals surface area contributed by atoms with Crippen molar-refractivity contribution in [3.63, 3.8) is 0 Å². The van der Waals surface area contributed by atoms with Crippen LogP contribution in [0.3, 0.4) is 0 Å². The standard InChI is InChI=1S/C17H21NO4/c1-11-5-6-18(9-13-8-15(19)16(20)10-21-13)14(7-11)17-4-3-12(2)22-17/h3-4,8,10-11,14,20H,5-7,9H2,1-2H3. The van der Waals surface area contributed by atoms with E-state index in [1.54, 1.807) is 0 Å². The molecule has 0 radical (unpaired) electrons. The van der Waals surface area contributed by atoms with Crippen molar-refractivity contribution < 1.29 is 13.9 Å². The maximum atomic E-state index is 11.5. The molecule has 2 unspecified atom stereocenters. The monoisotopic (exact) mass is 303 g/mol. The van der Waals surface area contributed by atoms with Crippen molar-refractivity contribution in [1.82, 2.24) is 4.90 Å². The minimum Gasteiger partial charge on any atom is -0.502 e. The maximum Gasteiger partial charge on any atom is 0.226 e. The summed E-state index contributed by atoms with van der Waals surface area (Å²) in [6.45, 7) is 5.66. The second-order valence-electron chi connectivity index (χ2n) is 6.16. The van der Waals surface area contributed by atoms with Crippen molar-refractivity contribution >= 4 is 0 Å². The number of furan rings is 1. The van der Waals surface area contributed by atoms with Crippen LogP contribution in [0.15, 0.2) is 38.1 Å². The molecule has 118 valence electrons. The van der Waals surface area contributed by atoms with Gasteiger partial charge in [0.15, 0.2) is 5.75 Å². The van der Waals surface area contributed by atoms with E-state index >= 15 is 0 Å². The Kier molecular flexibility index (Phi) is 4.07. The van der Waals surface area contributed by atoms with Crippen molar-refractivity contribution in [2.75, 3.05) is 6.54 Å². The number of hydrogen-bond donors (Lipinski definition) is 1. The third kappa shape index (κ3) is 3.09. The van der Waals surface area contributed by atoms with E-state index in [9.17, 15) is 9.90 Å². The summed E-state index contributed by atoms with van der Waals surface area (Å²) in [4.78, 5) is 13.8. The quantitative estimate of drug-likeness (QED) is 0.943. The van der Waals surface area contributed by atoms with Crippen LogP contribution < -0.4 is 5.43 Å². The molecule has 3 rings (SSSR count). The van der Waals surface area contributed by atoms with E-state index < -0.39 is 5.43 Å². The highest BCUT2D eigenvalue weighted by Gasteiger charge is 2.30. The van der Waals surface area contributed by atoms with E-state index in [0.29, 0.717) is 18.2 Å². The van der Waals surface area contributed by atoms with Gasteiger partial charge in [0, 0.05) is 6.07 Å². The van der Waals surface area contributed by atoms with E-state index in [2.05, 4.69) is 11.8 Å². The van der Waals surface area contributed by atoms with Crippen molar-refractivity contribution in [2.24, 2.45) is 5.92 Å². The molecule has 5 heteroatoms. The van der Waals surface area contributed by atoms with Gasteiger partial charge in [-0.15, -0.1) is 0 Å². The van der Waals surface area contributed by atoms with Crippen molar-refractivity contribution in [3.05, 3.63) is 52.0 Å². The van der Waals surface area contributed by atoms with Crippen LogP contribution in [0.4, 0.5) is 0 Å². The smallest absolute Gasteiger partial charge is 0.226 e. The van der Waals surface area contributed by atoms with E-state index in [1.165, 1.54) is 6.07 Å². The Balaban J connectivity index is 1.83. The van der Waals surface area contributed by atoms with Gasteiger partial charge in [0.25, 0.3) is 0 Å². The highest BCUT2D eigenvalue weighted by Crippen LogP contribution is 2.35. The molecule has 0 aliphatic carbocycles. The zero-order valence-corrected chi connectivity index (χ0v) is 12.9. The molecule has 2 aromatic heterocycles. The third-order valence-electron chi connectivity index (χ3n) is 4.29. The largest absolute Gasteiger partial charge is 0.502 e. The van der Waals surface area contributed by atoms with Gasteiger partial charge in [-0.1, -0.05) is 6.92 Å². The van der Waals surface area contributed by atoms with Crippen LogP contribution in [0.5, 0.6) is 5.75 Å². The lowest BCUT2D eigenvalue weighted by Crippen LogP contribution is -2.35. The molecule has 0 spiro atoms. The molecule has 0 saturated carbocycles. The normalized spacial score (nSPS) is 22.8. The lowest BCUT2D eigenvalue weighted by atomic mass is 9.91. The molecule has 3 heterocycles. The number of likely N-dealkylation sites (tertiary alicyclic amines) is 1. The van der Waals surface area contributed by atoms with Gasteiger partial charge in [-0.3, -0.25) is 9.69 Å². The Morgan fingerprint density at radius 1 is 1.41 bits per heavy atom. The minimum atomic E-state index is -0.406. The van der Waals surface area contributed by atoms with Gasteiger partial charge in [0.05, 0.1) is 12.6 Å². The molecule has 5 nitrogen and oxygen atoms in total. The molecule has 0 aromatic carbocycles. The number of aromatic hydroxyl groups is 1. The lowest BCUT2D eigenvalue weighted by molar-refractivity contribution is 0.0859. The summed E-state index contributed by atoms with van der Waals surface area (Å²) in [5, 5.41) is 9.28. The average molecular weight is 303 g/mol. The number of rotatable bonds is 3. The summed E-state index contributed by atoms with van der Waals surface area (Å²) in [5.41, 5.74) is -0.406. The summed E-state index contributed by atoms with van der Waals surface area (Å²) in [6, 6.07) is 5.56. The topological polar surface area (TPSA) is 66.8 Å². The van der Waals surface area contributed by atoms with Gasteiger partial charge in [-0.25, -0.2) is 0 Å². The van der Waals surface area contributed by atoms with Crippen LogP contribution in [0, 0.1) is 12.8 Å². The predicted octanol–water partition coefficient (Wildman–Crippen LogP) is 3.22. The molecule has 1 N–H and O–H groups in total. The van der Waals surface area contributed by atoms with Gasteiger partial charge < -0.3 is 13.9 Å². The first kappa shape index (κ1) is 14.9. The van der Waals surface area contributed by atoms with Gasteiger partial charge >= 0.3 is 0 Å². The average Bonchev–Trinajstić information content (AvgIpc) is 2.91. The van der Waals surface area contributed by atoms with E-state index in [-0.39, 0.29) is 11.8 Å². The summed E-state index contributed by atoms with van der Waals surface area (Å²) in [7, 11) is 0. The third-order valence-corrected chi connectivity index (χ3v) is 4.29. The molecule has 1 aliphatic heterocycles. The Bertz CT molecular complexity index is 703. The van der Waals surface area contributed by atoms with Crippen LogP contribution in [-0.2, 0) is 6.54 Å². The number of hydrogen-bond acceptors (Lipinski definition) is 5. The van der Waals surface area contributed by atoms with Gasteiger partial charge in [-0.05, 0) is 44.4 Å². The van der Waals surface area contributed by atoms with Gasteiger partial charge in [0.2, 0.25) is 5.43 Å². The first-order valence-electron chi connectivity index (χ1n) is 7.64.